The van der Waals surface area contributed by atoms with Gasteiger partial charge < -0.3 is 11.5 Å². The lowest BCUT2D eigenvalue weighted by atomic mass is 9.91. The van der Waals surface area contributed by atoms with Crippen molar-refractivity contribution in [3.05, 3.63) is 155 Å². The fraction of sp³-hybridized carbons (Fsp3) is 0. The molecule has 5 aliphatic heterocycles. The van der Waals surface area contributed by atoms with Crippen molar-refractivity contribution in [3.8, 4) is 0 Å². The van der Waals surface area contributed by atoms with E-state index in [0.717, 1.165) is 50.8 Å². The maximum atomic E-state index is 6.86. The van der Waals surface area contributed by atoms with Crippen LogP contribution in [0.4, 0.5) is 0 Å². The third-order valence-corrected chi connectivity index (χ3v) is 6.67. The van der Waals surface area contributed by atoms with E-state index in [4.69, 9.17) is 26.4 Å². The molecule has 5 heterocycles. The third-order valence-electron chi connectivity index (χ3n) is 6.67. The third kappa shape index (κ3) is 3.76. The molecule has 0 atom stereocenters. The summed E-state index contributed by atoms with van der Waals surface area (Å²) < 4.78 is 0. The van der Waals surface area contributed by atoms with Crippen LogP contribution in [0.2, 0.25) is 0 Å². The largest absolute Gasteiger partial charge is 0.397 e. The van der Waals surface area contributed by atoms with E-state index in [1.807, 2.05) is 85.0 Å². The van der Waals surface area contributed by atoms with Gasteiger partial charge >= 0.3 is 0 Å². The topological polar surface area (TPSA) is 101 Å². The molecule has 0 spiro atoms. The van der Waals surface area contributed by atoms with Gasteiger partial charge in [0.15, 0.2) is 0 Å². The molecule has 2 aromatic rings. The molecule has 0 saturated carbocycles. The Labute approximate surface area is 220 Å². The monoisotopic (exact) mass is 490 g/mol. The van der Waals surface area contributed by atoms with Crippen molar-refractivity contribution in [2.75, 3.05) is 0 Å². The smallest absolute Gasteiger partial charge is 0.112 e. The van der Waals surface area contributed by atoms with Crippen molar-refractivity contribution in [2.24, 2.45) is 31.4 Å². The van der Waals surface area contributed by atoms with Crippen molar-refractivity contribution in [3.63, 3.8) is 0 Å². The molecule has 0 aliphatic carbocycles. The molecule has 0 fully saturated rings. The Morgan fingerprint density at radius 3 is 1.74 bits per heavy atom. The van der Waals surface area contributed by atoms with Crippen LogP contribution in [-0.4, -0.2) is 22.8 Å². The van der Waals surface area contributed by atoms with Gasteiger partial charge in [-0.1, -0.05) is 60.7 Å². The zero-order chi connectivity index (χ0) is 25.6. The van der Waals surface area contributed by atoms with Crippen molar-refractivity contribution >= 4 is 34.0 Å². The fourth-order valence-corrected chi connectivity index (χ4v) is 4.97. The SMILES string of the molecule is NC1=CC2=CC3=NC(=CC4=NC(=CC5=NC(=C(N)C1=N2)C(c1ccccc1)=C5c1ccccc1)C=C4)C=C3. The molecular weight excluding hydrogens is 468 g/mol. The Hall–Kier alpha value is -5.36. The Morgan fingerprint density at radius 1 is 0.500 bits per heavy atom. The number of hydrogen-bond donors (Lipinski definition) is 2. The molecule has 5 aliphatic rings. The van der Waals surface area contributed by atoms with Gasteiger partial charge in [-0.2, -0.15) is 0 Å². The lowest BCUT2D eigenvalue weighted by molar-refractivity contribution is 1.30. The van der Waals surface area contributed by atoms with Crippen molar-refractivity contribution < 1.29 is 0 Å². The highest BCUT2D eigenvalue weighted by atomic mass is 14.9. The second kappa shape index (κ2) is 8.64. The highest BCUT2D eigenvalue weighted by Crippen LogP contribution is 2.41. The standard InChI is InChI=1S/C32H22N6/c33-26-17-25-16-23-12-11-21(35-23)15-22-13-14-24(36-22)18-27-28(19-7-3-1-4-8-19)29(20-9-5-2-6-10-20)32(38-27)30(34)31(26)37-25/h1-18H,33-34H2. The predicted octanol–water partition coefficient (Wildman–Crippen LogP) is 5.21. The maximum Gasteiger partial charge on any atom is 0.112 e. The molecule has 8 bridgehead atoms. The second-order valence-electron chi connectivity index (χ2n) is 9.25. The summed E-state index contributed by atoms with van der Waals surface area (Å²) in [5.74, 6) is 0. The number of allylic oxidation sites excluding steroid dienone is 10. The van der Waals surface area contributed by atoms with E-state index in [-0.39, 0.29) is 0 Å². The van der Waals surface area contributed by atoms with Crippen LogP contribution in [0.3, 0.4) is 0 Å². The van der Waals surface area contributed by atoms with Crippen LogP contribution < -0.4 is 11.5 Å². The summed E-state index contributed by atoms with van der Waals surface area (Å²) in [4.78, 5) is 19.4. The number of aliphatic imine (C=N–C) groups is 4. The minimum absolute atomic E-state index is 0.422. The van der Waals surface area contributed by atoms with Crippen LogP contribution in [0.15, 0.2) is 163 Å². The predicted molar refractivity (Wildman–Crippen MR) is 155 cm³/mol. The molecular formula is C32H22N6. The summed E-state index contributed by atoms with van der Waals surface area (Å²) in [6, 6.07) is 20.4. The van der Waals surface area contributed by atoms with Gasteiger partial charge in [-0.25, -0.2) is 20.0 Å². The Balaban J connectivity index is 1.54. The van der Waals surface area contributed by atoms with E-state index < -0.39 is 0 Å². The number of nitrogens with zero attached hydrogens (tertiary/aromatic N) is 4. The van der Waals surface area contributed by atoms with Crippen LogP contribution >= 0.6 is 0 Å². The van der Waals surface area contributed by atoms with Gasteiger partial charge in [0, 0.05) is 11.1 Å². The average molecular weight is 491 g/mol. The van der Waals surface area contributed by atoms with Gasteiger partial charge in [-0.3, -0.25) is 0 Å². The van der Waals surface area contributed by atoms with E-state index in [9.17, 15) is 0 Å². The van der Waals surface area contributed by atoms with Crippen LogP contribution in [0.25, 0.3) is 11.1 Å². The van der Waals surface area contributed by atoms with E-state index in [1.54, 1.807) is 0 Å². The van der Waals surface area contributed by atoms with Crippen LogP contribution in [0, 0.1) is 0 Å². The number of fused-ring (bicyclic) bond motifs is 4. The molecule has 0 amide bonds. The number of hydrogen-bond acceptors (Lipinski definition) is 6. The minimum Gasteiger partial charge on any atom is -0.397 e. The lowest BCUT2D eigenvalue weighted by Crippen LogP contribution is -2.19. The number of rotatable bonds is 2. The average Bonchev–Trinajstić information content (AvgIpc) is 3.72. The second-order valence-corrected chi connectivity index (χ2v) is 9.25. The van der Waals surface area contributed by atoms with Gasteiger partial charge in [0.2, 0.25) is 0 Å². The van der Waals surface area contributed by atoms with Gasteiger partial charge in [-0.15, -0.1) is 0 Å². The van der Waals surface area contributed by atoms with Gasteiger partial charge in [-0.05, 0) is 59.7 Å². The van der Waals surface area contributed by atoms with E-state index in [0.29, 0.717) is 28.5 Å². The Bertz CT molecular complexity index is 1780. The Morgan fingerprint density at radius 2 is 1.08 bits per heavy atom. The summed E-state index contributed by atoms with van der Waals surface area (Å²) in [6.45, 7) is 0. The quantitative estimate of drug-likeness (QED) is 0.604. The summed E-state index contributed by atoms with van der Waals surface area (Å²) >= 11 is 0. The fourth-order valence-electron chi connectivity index (χ4n) is 4.97. The first-order valence-electron chi connectivity index (χ1n) is 12.3. The van der Waals surface area contributed by atoms with Crippen LogP contribution in [-0.2, 0) is 0 Å². The lowest BCUT2D eigenvalue weighted by Gasteiger charge is -2.12. The Kier molecular flexibility index (Phi) is 4.97. The van der Waals surface area contributed by atoms with Crippen LogP contribution in [0.1, 0.15) is 11.1 Å². The first kappa shape index (κ1) is 21.9. The molecule has 0 saturated heterocycles. The molecule has 0 aromatic heterocycles. The molecule has 7 rings (SSSR count). The maximum absolute atomic E-state index is 6.86. The highest BCUT2D eigenvalue weighted by Gasteiger charge is 2.30. The summed E-state index contributed by atoms with van der Waals surface area (Å²) in [6.07, 6.45) is 15.5. The van der Waals surface area contributed by atoms with E-state index >= 15 is 0 Å². The molecule has 6 nitrogen and oxygen atoms in total. The van der Waals surface area contributed by atoms with E-state index in [2.05, 4.69) is 29.3 Å². The molecule has 0 unspecified atom stereocenters. The number of nitrogens with two attached hydrogens (primary N) is 2. The van der Waals surface area contributed by atoms with Crippen molar-refractivity contribution in [2.45, 2.75) is 0 Å². The first-order valence-corrected chi connectivity index (χ1v) is 12.3. The zero-order valence-corrected chi connectivity index (χ0v) is 20.3. The van der Waals surface area contributed by atoms with Crippen molar-refractivity contribution in [1.29, 1.82) is 0 Å². The summed E-state index contributed by atoms with van der Waals surface area (Å²) in [5, 5.41) is 0. The zero-order valence-electron chi connectivity index (χ0n) is 20.3. The van der Waals surface area contributed by atoms with Crippen LogP contribution in [0.5, 0.6) is 0 Å². The van der Waals surface area contributed by atoms with Gasteiger partial charge in [0.1, 0.15) is 5.71 Å². The molecule has 6 heteroatoms. The van der Waals surface area contributed by atoms with Crippen molar-refractivity contribution in [1.82, 2.24) is 0 Å². The van der Waals surface area contributed by atoms with Gasteiger partial charge in [0.05, 0.1) is 51.3 Å². The number of benzene rings is 2. The summed E-state index contributed by atoms with van der Waals surface area (Å²) in [7, 11) is 0. The molecule has 0 radical (unpaired) electrons. The summed E-state index contributed by atoms with van der Waals surface area (Å²) in [5.41, 5.74) is 24.0. The molecule has 180 valence electrons. The highest BCUT2D eigenvalue weighted by molar-refractivity contribution is 6.40. The normalized spacial score (nSPS) is 19.6. The minimum atomic E-state index is 0.422. The van der Waals surface area contributed by atoms with Gasteiger partial charge in [0.25, 0.3) is 0 Å². The first-order chi connectivity index (χ1) is 18.6. The molecule has 4 N–H and O–H groups in total. The molecule has 2 aromatic carbocycles. The van der Waals surface area contributed by atoms with E-state index in [1.165, 1.54) is 0 Å². The molecule has 38 heavy (non-hydrogen) atoms.